The molecule has 102 valence electrons. The standard InChI is InChI=1S/C15H26N2O/c1-4-6-8-13(5-2)11-18-12-14-9-7-10-15(16-3)17-14/h7,9-10,13H,4-6,8,11-12H2,1-3H3,(H,16,17). The minimum atomic E-state index is 0.609. The SMILES string of the molecule is CCCCC(CC)COCc1cccc(NC)n1. The van der Waals surface area contributed by atoms with Crippen LogP contribution in [0.3, 0.4) is 0 Å². The van der Waals surface area contributed by atoms with Crippen LogP contribution in [0.15, 0.2) is 18.2 Å². The number of nitrogens with zero attached hydrogens (tertiary/aromatic N) is 1. The highest BCUT2D eigenvalue weighted by molar-refractivity contribution is 5.33. The summed E-state index contributed by atoms with van der Waals surface area (Å²) >= 11 is 0. The predicted molar refractivity (Wildman–Crippen MR) is 76.7 cm³/mol. The fourth-order valence-electron chi connectivity index (χ4n) is 1.93. The molecular formula is C15H26N2O. The van der Waals surface area contributed by atoms with Crippen LogP contribution < -0.4 is 5.32 Å². The number of aromatic nitrogens is 1. The van der Waals surface area contributed by atoms with Crippen LogP contribution in [0.4, 0.5) is 5.82 Å². The molecule has 1 aromatic heterocycles. The van der Waals surface area contributed by atoms with E-state index in [1.807, 2.05) is 25.2 Å². The van der Waals surface area contributed by atoms with Crippen molar-refractivity contribution in [3.63, 3.8) is 0 Å². The van der Waals surface area contributed by atoms with Gasteiger partial charge in [0.15, 0.2) is 0 Å². The summed E-state index contributed by atoms with van der Waals surface area (Å²) in [5.41, 5.74) is 0.993. The number of hydrogen-bond donors (Lipinski definition) is 1. The molecule has 0 aliphatic carbocycles. The molecule has 0 aliphatic rings. The third-order valence-electron chi connectivity index (χ3n) is 3.21. The molecule has 0 fully saturated rings. The van der Waals surface area contributed by atoms with Gasteiger partial charge in [-0.3, -0.25) is 0 Å². The average Bonchev–Trinajstić information content (AvgIpc) is 2.43. The van der Waals surface area contributed by atoms with Gasteiger partial charge in [0.25, 0.3) is 0 Å². The van der Waals surface area contributed by atoms with Crippen LogP contribution in [-0.4, -0.2) is 18.6 Å². The molecule has 0 amide bonds. The second-order valence-corrected chi connectivity index (χ2v) is 4.70. The number of anilines is 1. The molecule has 18 heavy (non-hydrogen) atoms. The normalized spacial score (nSPS) is 12.4. The van der Waals surface area contributed by atoms with E-state index in [2.05, 4.69) is 24.1 Å². The van der Waals surface area contributed by atoms with Crippen molar-refractivity contribution in [2.24, 2.45) is 5.92 Å². The predicted octanol–water partition coefficient (Wildman–Crippen LogP) is 3.86. The number of pyridine rings is 1. The summed E-state index contributed by atoms with van der Waals surface area (Å²) in [6, 6.07) is 5.97. The van der Waals surface area contributed by atoms with Crippen molar-refractivity contribution in [3.8, 4) is 0 Å². The number of unbranched alkanes of at least 4 members (excludes halogenated alkanes) is 1. The van der Waals surface area contributed by atoms with Gasteiger partial charge >= 0.3 is 0 Å². The Bertz CT molecular complexity index is 328. The van der Waals surface area contributed by atoms with E-state index in [4.69, 9.17) is 4.74 Å². The third kappa shape index (κ3) is 5.50. The van der Waals surface area contributed by atoms with Crippen LogP contribution >= 0.6 is 0 Å². The average molecular weight is 250 g/mol. The highest BCUT2D eigenvalue weighted by Crippen LogP contribution is 2.14. The fraction of sp³-hybridized carbons (Fsp3) is 0.667. The van der Waals surface area contributed by atoms with Crippen molar-refractivity contribution in [2.45, 2.75) is 46.1 Å². The van der Waals surface area contributed by atoms with Gasteiger partial charge in [-0.1, -0.05) is 39.2 Å². The molecule has 0 radical (unpaired) electrons. The molecular weight excluding hydrogens is 224 g/mol. The summed E-state index contributed by atoms with van der Waals surface area (Å²) < 4.78 is 5.78. The lowest BCUT2D eigenvalue weighted by Crippen LogP contribution is -2.09. The maximum absolute atomic E-state index is 5.78. The summed E-state index contributed by atoms with van der Waals surface area (Å²) in [5.74, 6) is 1.59. The van der Waals surface area contributed by atoms with E-state index in [0.717, 1.165) is 18.1 Å². The van der Waals surface area contributed by atoms with Gasteiger partial charge in [-0.25, -0.2) is 4.98 Å². The molecule has 0 saturated carbocycles. The van der Waals surface area contributed by atoms with Gasteiger partial charge in [-0.05, 0) is 24.5 Å². The molecule has 1 rings (SSSR count). The second-order valence-electron chi connectivity index (χ2n) is 4.70. The fourth-order valence-corrected chi connectivity index (χ4v) is 1.93. The summed E-state index contributed by atoms with van der Waals surface area (Å²) in [7, 11) is 1.88. The Kier molecular flexibility index (Phi) is 7.42. The summed E-state index contributed by atoms with van der Waals surface area (Å²) in [5, 5.41) is 3.04. The van der Waals surface area contributed by atoms with Gasteiger partial charge in [0.2, 0.25) is 0 Å². The molecule has 1 N–H and O–H groups in total. The molecule has 3 nitrogen and oxygen atoms in total. The number of rotatable bonds is 9. The molecule has 3 heteroatoms. The first-order chi connectivity index (χ1) is 8.80. The van der Waals surface area contributed by atoms with E-state index >= 15 is 0 Å². The Morgan fingerprint density at radius 1 is 1.33 bits per heavy atom. The summed E-state index contributed by atoms with van der Waals surface area (Å²) in [4.78, 5) is 4.44. The van der Waals surface area contributed by atoms with Crippen molar-refractivity contribution in [2.75, 3.05) is 19.0 Å². The van der Waals surface area contributed by atoms with E-state index in [0.29, 0.717) is 12.5 Å². The van der Waals surface area contributed by atoms with Gasteiger partial charge in [0, 0.05) is 13.7 Å². The lowest BCUT2D eigenvalue weighted by molar-refractivity contribution is 0.0800. The smallest absolute Gasteiger partial charge is 0.126 e. The van der Waals surface area contributed by atoms with Crippen LogP contribution in [0.1, 0.15) is 45.2 Å². The van der Waals surface area contributed by atoms with Crippen LogP contribution in [0.25, 0.3) is 0 Å². The van der Waals surface area contributed by atoms with Crippen LogP contribution in [0, 0.1) is 5.92 Å². The molecule has 0 saturated heterocycles. The summed E-state index contributed by atoms with van der Waals surface area (Å²) in [6.45, 7) is 5.93. The molecule has 0 bridgehead atoms. The Morgan fingerprint density at radius 3 is 2.83 bits per heavy atom. The van der Waals surface area contributed by atoms with E-state index < -0.39 is 0 Å². The highest BCUT2D eigenvalue weighted by atomic mass is 16.5. The lowest BCUT2D eigenvalue weighted by atomic mass is 10.0. The van der Waals surface area contributed by atoms with Crippen LogP contribution in [0.5, 0.6) is 0 Å². The quantitative estimate of drug-likeness (QED) is 0.722. The maximum Gasteiger partial charge on any atom is 0.126 e. The van der Waals surface area contributed by atoms with Crippen molar-refractivity contribution >= 4 is 5.82 Å². The Labute approximate surface area is 111 Å². The van der Waals surface area contributed by atoms with Crippen molar-refractivity contribution in [1.82, 2.24) is 4.98 Å². The number of nitrogens with one attached hydrogen (secondary N) is 1. The first kappa shape index (κ1) is 15.0. The third-order valence-corrected chi connectivity index (χ3v) is 3.21. The van der Waals surface area contributed by atoms with Crippen molar-refractivity contribution in [1.29, 1.82) is 0 Å². The van der Waals surface area contributed by atoms with Crippen LogP contribution in [-0.2, 0) is 11.3 Å². The van der Waals surface area contributed by atoms with E-state index in [1.165, 1.54) is 25.7 Å². The molecule has 0 spiro atoms. The number of ether oxygens (including phenoxy) is 1. The number of hydrogen-bond acceptors (Lipinski definition) is 3. The minimum Gasteiger partial charge on any atom is -0.375 e. The van der Waals surface area contributed by atoms with E-state index in [1.54, 1.807) is 0 Å². The monoisotopic (exact) mass is 250 g/mol. The Morgan fingerprint density at radius 2 is 2.17 bits per heavy atom. The maximum atomic E-state index is 5.78. The molecule has 0 aromatic carbocycles. The zero-order valence-corrected chi connectivity index (χ0v) is 11.9. The topological polar surface area (TPSA) is 34.1 Å². The van der Waals surface area contributed by atoms with E-state index in [-0.39, 0.29) is 0 Å². The first-order valence-corrected chi connectivity index (χ1v) is 7.01. The Hall–Kier alpha value is -1.09. The molecule has 1 unspecified atom stereocenters. The zero-order chi connectivity index (χ0) is 13.2. The first-order valence-electron chi connectivity index (χ1n) is 7.01. The van der Waals surface area contributed by atoms with E-state index in [9.17, 15) is 0 Å². The molecule has 1 aromatic rings. The molecule has 1 heterocycles. The largest absolute Gasteiger partial charge is 0.375 e. The van der Waals surface area contributed by atoms with Gasteiger partial charge in [-0.15, -0.1) is 0 Å². The van der Waals surface area contributed by atoms with Crippen molar-refractivity contribution < 1.29 is 4.74 Å². The summed E-state index contributed by atoms with van der Waals surface area (Å²) in [6.07, 6.45) is 5.04. The Balaban J connectivity index is 2.30. The lowest BCUT2D eigenvalue weighted by Gasteiger charge is -2.14. The highest BCUT2D eigenvalue weighted by Gasteiger charge is 2.06. The molecule has 0 aliphatic heterocycles. The van der Waals surface area contributed by atoms with Gasteiger partial charge in [0.05, 0.1) is 12.3 Å². The minimum absolute atomic E-state index is 0.609. The van der Waals surface area contributed by atoms with Gasteiger partial charge in [-0.2, -0.15) is 0 Å². The molecule has 1 atom stereocenters. The van der Waals surface area contributed by atoms with Crippen LogP contribution in [0.2, 0.25) is 0 Å². The second kappa shape index (κ2) is 8.92. The van der Waals surface area contributed by atoms with Gasteiger partial charge < -0.3 is 10.1 Å². The zero-order valence-electron chi connectivity index (χ0n) is 11.9. The van der Waals surface area contributed by atoms with Crippen molar-refractivity contribution in [3.05, 3.63) is 23.9 Å². The van der Waals surface area contributed by atoms with Gasteiger partial charge in [0.1, 0.15) is 5.82 Å².